The fourth-order valence-electron chi connectivity index (χ4n) is 2.85. The van der Waals surface area contributed by atoms with Gasteiger partial charge in [0, 0.05) is 9.13 Å². The van der Waals surface area contributed by atoms with Gasteiger partial charge in [-0.3, -0.25) is 0 Å². The van der Waals surface area contributed by atoms with Gasteiger partial charge in [0.25, 0.3) is 0 Å². The third-order valence-corrected chi connectivity index (χ3v) is 4.58. The van der Waals surface area contributed by atoms with E-state index in [-0.39, 0.29) is 18.2 Å². The molecule has 3 heterocycles. The molecule has 4 rings (SSSR count). The predicted octanol–water partition coefficient (Wildman–Crippen LogP) is 3.93. The number of hydrogen-bond donors (Lipinski definition) is 0. The highest BCUT2D eigenvalue weighted by atomic mass is 127. The van der Waals surface area contributed by atoms with Crippen molar-refractivity contribution < 1.29 is 13.2 Å². The van der Waals surface area contributed by atoms with Crippen LogP contribution in [-0.2, 0) is 13.0 Å². The Balaban J connectivity index is 0.00000182. The van der Waals surface area contributed by atoms with Crippen LogP contribution in [0.25, 0.3) is 17.1 Å². The topological polar surface area (TPSA) is 48.5 Å². The highest BCUT2D eigenvalue weighted by Crippen LogP contribution is 2.33. The van der Waals surface area contributed by atoms with Crippen LogP contribution in [0.3, 0.4) is 0 Å². The summed E-state index contributed by atoms with van der Waals surface area (Å²) in [5.41, 5.74) is 3.30. The van der Waals surface area contributed by atoms with E-state index in [4.69, 9.17) is 0 Å². The van der Waals surface area contributed by atoms with Crippen LogP contribution in [0.4, 0.5) is 13.2 Å². The minimum Gasteiger partial charge on any atom is -0.300 e. The van der Waals surface area contributed by atoms with Crippen LogP contribution in [-0.4, -0.2) is 30.5 Å². The first-order valence-corrected chi connectivity index (χ1v) is 8.23. The fourth-order valence-corrected chi connectivity index (χ4v) is 3.34. The molecule has 3 aromatic rings. The zero-order valence-electron chi connectivity index (χ0n) is 12.9. The van der Waals surface area contributed by atoms with Gasteiger partial charge in [-0.05, 0) is 47.7 Å². The Morgan fingerprint density at radius 2 is 2.04 bits per heavy atom. The smallest absolute Gasteiger partial charge is 0.300 e. The summed E-state index contributed by atoms with van der Waals surface area (Å²) < 4.78 is 42.5. The quantitative estimate of drug-likeness (QED) is 0.387. The van der Waals surface area contributed by atoms with Gasteiger partial charge in [0.05, 0.1) is 29.9 Å². The van der Waals surface area contributed by atoms with E-state index in [0.717, 1.165) is 26.2 Å². The molecular weight excluding hydrogens is 470 g/mol. The van der Waals surface area contributed by atoms with Crippen LogP contribution in [0.15, 0.2) is 24.5 Å². The molecule has 1 aliphatic heterocycles. The molecule has 0 bridgehead atoms. The Morgan fingerprint density at radius 3 is 2.76 bits per heavy atom. The molecule has 0 fully saturated rings. The first-order valence-electron chi connectivity index (χ1n) is 7.15. The summed E-state index contributed by atoms with van der Waals surface area (Å²) in [6.07, 6.45) is -3.75. The van der Waals surface area contributed by atoms with Crippen molar-refractivity contribution in [2.75, 3.05) is 0 Å². The molecule has 1 aliphatic rings. The molecule has 0 radical (unpaired) electrons. The Kier molecular flexibility index (Phi) is 4.56. The van der Waals surface area contributed by atoms with E-state index in [2.05, 4.69) is 37.7 Å². The Labute approximate surface area is 160 Å². The second kappa shape index (κ2) is 6.27. The van der Waals surface area contributed by atoms with Crippen molar-refractivity contribution in [1.82, 2.24) is 24.3 Å². The highest BCUT2D eigenvalue weighted by Gasteiger charge is 2.32. The number of aryl methyl sites for hydroxylation is 1. The number of benzene rings is 1. The third-order valence-electron chi connectivity index (χ3n) is 3.91. The highest BCUT2D eigenvalue weighted by molar-refractivity contribution is 14.1. The maximum Gasteiger partial charge on any atom is 0.396 e. The summed E-state index contributed by atoms with van der Waals surface area (Å²) in [7, 11) is 0. The van der Waals surface area contributed by atoms with E-state index in [9.17, 15) is 13.2 Å². The van der Waals surface area contributed by atoms with Gasteiger partial charge in [0.1, 0.15) is 6.42 Å². The third kappa shape index (κ3) is 3.26. The molecule has 0 aliphatic carbocycles. The largest absolute Gasteiger partial charge is 0.396 e. The van der Waals surface area contributed by atoms with Crippen LogP contribution >= 0.6 is 35.0 Å². The summed E-state index contributed by atoms with van der Waals surface area (Å²) in [6.45, 7) is 2.20. The van der Waals surface area contributed by atoms with E-state index < -0.39 is 12.6 Å². The van der Waals surface area contributed by atoms with Crippen LogP contribution in [0.5, 0.6) is 0 Å². The van der Waals surface area contributed by atoms with Gasteiger partial charge in [0.2, 0.25) is 0 Å². The molecule has 25 heavy (non-hydrogen) atoms. The van der Waals surface area contributed by atoms with Gasteiger partial charge >= 0.3 is 6.18 Å². The maximum absolute atomic E-state index is 12.7. The van der Waals surface area contributed by atoms with Crippen molar-refractivity contribution >= 4 is 35.0 Å². The lowest BCUT2D eigenvalue weighted by molar-refractivity contribution is -0.128. The first kappa shape index (κ1) is 18.2. The van der Waals surface area contributed by atoms with Crippen molar-refractivity contribution in [2.24, 2.45) is 0 Å². The molecule has 5 nitrogen and oxygen atoms in total. The van der Waals surface area contributed by atoms with Crippen LogP contribution < -0.4 is 0 Å². The number of imidazole rings is 1. The molecule has 0 unspecified atom stereocenters. The monoisotopic (exact) mass is 481 g/mol. The van der Waals surface area contributed by atoms with E-state index in [1.165, 1.54) is 4.68 Å². The van der Waals surface area contributed by atoms with E-state index in [1.807, 2.05) is 29.7 Å². The Morgan fingerprint density at radius 1 is 1.28 bits per heavy atom. The molecule has 0 spiro atoms. The van der Waals surface area contributed by atoms with Crippen molar-refractivity contribution in [3.63, 3.8) is 0 Å². The number of nitrogens with zero attached hydrogens (tertiary/aromatic N) is 5. The second-order valence-electron chi connectivity index (χ2n) is 5.61. The SMILES string of the molecule is Cc1ncn2c1Cn1nc(CC(F)(F)F)nc1-c1cc(I)ccc1-2.Cl. The minimum atomic E-state index is -4.33. The molecule has 132 valence electrons. The minimum absolute atomic E-state index is 0. The Hall–Kier alpha value is -1.62. The lowest BCUT2D eigenvalue weighted by atomic mass is 10.1. The number of halogens is 5. The number of aromatic nitrogens is 5. The molecule has 2 aromatic heterocycles. The lowest BCUT2D eigenvalue weighted by Crippen LogP contribution is -2.13. The second-order valence-corrected chi connectivity index (χ2v) is 6.86. The number of fused-ring (bicyclic) bond motifs is 5. The molecule has 0 amide bonds. The summed E-state index contributed by atoms with van der Waals surface area (Å²) in [4.78, 5) is 8.49. The van der Waals surface area contributed by atoms with Crippen LogP contribution in [0, 0.1) is 10.5 Å². The zero-order chi connectivity index (χ0) is 17.1. The maximum atomic E-state index is 12.7. The first-order chi connectivity index (χ1) is 11.3. The summed E-state index contributed by atoms with van der Waals surface area (Å²) in [6, 6.07) is 5.77. The average Bonchev–Trinajstić information content (AvgIpc) is 2.99. The summed E-state index contributed by atoms with van der Waals surface area (Å²) >= 11 is 2.17. The number of alkyl halides is 3. The molecule has 0 saturated carbocycles. The van der Waals surface area contributed by atoms with Gasteiger partial charge < -0.3 is 4.57 Å². The van der Waals surface area contributed by atoms with Gasteiger partial charge in [-0.1, -0.05) is 0 Å². The van der Waals surface area contributed by atoms with Gasteiger partial charge in [-0.2, -0.15) is 18.3 Å². The van der Waals surface area contributed by atoms with E-state index in [0.29, 0.717) is 12.4 Å². The fraction of sp³-hybridized carbons (Fsp3) is 0.267. The molecule has 0 saturated heterocycles. The summed E-state index contributed by atoms with van der Waals surface area (Å²) in [5.74, 6) is 0.235. The van der Waals surface area contributed by atoms with E-state index >= 15 is 0 Å². The van der Waals surface area contributed by atoms with Crippen molar-refractivity contribution in [2.45, 2.75) is 26.1 Å². The molecular formula is C15H12ClF3IN5. The number of rotatable bonds is 1. The molecule has 0 N–H and O–H groups in total. The molecule has 1 aromatic carbocycles. The van der Waals surface area contributed by atoms with Crippen molar-refractivity contribution in [3.8, 4) is 17.1 Å². The van der Waals surface area contributed by atoms with E-state index in [1.54, 1.807) is 6.33 Å². The van der Waals surface area contributed by atoms with Gasteiger partial charge in [-0.15, -0.1) is 12.4 Å². The van der Waals surface area contributed by atoms with Gasteiger partial charge in [-0.25, -0.2) is 14.6 Å². The normalized spacial score (nSPS) is 12.7. The average molecular weight is 482 g/mol. The number of hydrogen-bond acceptors (Lipinski definition) is 3. The van der Waals surface area contributed by atoms with Crippen molar-refractivity contribution in [1.29, 1.82) is 0 Å². The van der Waals surface area contributed by atoms with Crippen molar-refractivity contribution in [3.05, 3.63) is 45.3 Å². The lowest BCUT2D eigenvalue weighted by Gasteiger charge is -2.09. The molecule has 10 heteroatoms. The Bertz CT molecular complexity index is 947. The zero-order valence-corrected chi connectivity index (χ0v) is 15.9. The molecule has 0 atom stereocenters. The van der Waals surface area contributed by atoms with Crippen LogP contribution in [0.2, 0.25) is 0 Å². The predicted molar refractivity (Wildman–Crippen MR) is 96.1 cm³/mol. The van der Waals surface area contributed by atoms with Crippen LogP contribution in [0.1, 0.15) is 17.2 Å². The van der Waals surface area contributed by atoms with Gasteiger partial charge in [0.15, 0.2) is 11.6 Å². The standard InChI is InChI=1S/C15H11F3IN5.ClH/c1-8-12-6-24-14(21-13(22-24)5-15(16,17)18)10-4-9(19)2-3-11(10)23(12)7-20-8;/h2-4,7H,5-6H2,1H3;1H. The summed E-state index contributed by atoms with van der Waals surface area (Å²) in [5, 5.41) is 4.09.